The number of aryl methyl sites for hydroxylation is 3. The van der Waals surface area contributed by atoms with Crippen molar-refractivity contribution in [3.05, 3.63) is 46.8 Å². The first-order valence-corrected chi connectivity index (χ1v) is 8.50. The van der Waals surface area contributed by atoms with Gasteiger partial charge in [0.15, 0.2) is 5.69 Å². The van der Waals surface area contributed by atoms with Crippen LogP contribution >= 0.6 is 0 Å². The lowest BCUT2D eigenvalue weighted by Gasteiger charge is -2.18. The zero-order chi connectivity index (χ0) is 18.3. The summed E-state index contributed by atoms with van der Waals surface area (Å²) in [6.07, 6.45) is -3.46. The molecule has 0 aliphatic carbocycles. The van der Waals surface area contributed by atoms with Crippen molar-refractivity contribution in [2.75, 3.05) is 7.05 Å². The Labute approximate surface area is 138 Å². The van der Waals surface area contributed by atoms with Gasteiger partial charge in [0.2, 0.25) is 10.0 Å². The van der Waals surface area contributed by atoms with Crippen molar-refractivity contribution >= 4 is 10.0 Å². The number of sulfonamides is 1. The van der Waals surface area contributed by atoms with Crippen molar-refractivity contribution in [3.8, 4) is 0 Å². The van der Waals surface area contributed by atoms with E-state index in [9.17, 15) is 21.6 Å². The van der Waals surface area contributed by atoms with Gasteiger partial charge in [0, 0.05) is 32.4 Å². The molecule has 0 bridgehead atoms. The van der Waals surface area contributed by atoms with E-state index in [2.05, 4.69) is 5.10 Å². The average Bonchev–Trinajstić information content (AvgIpc) is 2.82. The third kappa shape index (κ3) is 3.62. The topological polar surface area (TPSA) is 55.2 Å². The quantitative estimate of drug-likeness (QED) is 0.841. The predicted octanol–water partition coefficient (Wildman–Crippen LogP) is 2.88. The Kier molecular flexibility index (Phi) is 4.78. The summed E-state index contributed by atoms with van der Waals surface area (Å²) in [5, 5.41) is 3.39. The summed E-state index contributed by atoms with van der Waals surface area (Å²) in [6.45, 7) is 3.20. The van der Waals surface area contributed by atoms with Gasteiger partial charge in [0.05, 0.1) is 4.90 Å². The van der Waals surface area contributed by atoms with E-state index in [-0.39, 0.29) is 10.5 Å². The van der Waals surface area contributed by atoms with Crippen LogP contribution in [0, 0.1) is 13.8 Å². The van der Waals surface area contributed by atoms with E-state index in [1.807, 2.05) is 6.92 Å². The molecule has 0 radical (unpaired) electrons. The Balaban J connectivity index is 2.35. The molecular formula is C15H18F3N3O2S. The first-order valence-electron chi connectivity index (χ1n) is 7.06. The molecule has 0 atom stereocenters. The highest BCUT2D eigenvalue weighted by Gasteiger charge is 2.37. The van der Waals surface area contributed by atoms with Gasteiger partial charge in [-0.3, -0.25) is 4.68 Å². The molecule has 0 aliphatic rings. The Morgan fingerprint density at radius 2 is 1.83 bits per heavy atom. The number of hydrogen-bond donors (Lipinski definition) is 0. The van der Waals surface area contributed by atoms with Crippen molar-refractivity contribution < 1.29 is 21.6 Å². The van der Waals surface area contributed by atoms with Crippen LogP contribution in [0.4, 0.5) is 13.2 Å². The van der Waals surface area contributed by atoms with Crippen LogP contribution in [0.1, 0.15) is 22.4 Å². The summed E-state index contributed by atoms with van der Waals surface area (Å²) >= 11 is 0. The van der Waals surface area contributed by atoms with Crippen LogP contribution in [0.3, 0.4) is 0 Å². The van der Waals surface area contributed by atoms with Crippen LogP contribution in [0.15, 0.2) is 29.3 Å². The van der Waals surface area contributed by atoms with Crippen LogP contribution < -0.4 is 0 Å². The molecule has 0 saturated carbocycles. The highest BCUT2D eigenvalue weighted by molar-refractivity contribution is 7.89. The van der Waals surface area contributed by atoms with Gasteiger partial charge >= 0.3 is 6.18 Å². The minimum Gasteiger partial charge on any atom is -0.275 e. The molecule has 0 unspecified atom stereocenters. The highest BCUT2D eigenvalue weighted by atomic mass is 32.2. The second-order valence-corrected chi connectivity index (χ2v) is 7.73. The SMILES string of the molecule is Cc1ccc(S(=O)(=O)N(C)Cc2cn(C)nc2C(F)(F)F)cc1C. The fourth-order valence-corrected chi connectivity index (χ4v) is 3.51. The summed E-state index contributed by atoms with van der Waals surface area (Å²) < 4.78 is 66.0. The van der Waals surface area contributed by atoms with E-state index < -0.39 is 28.4 Å². The highest BCUT2D eigenvalue weighted by Crippen LogP contribution is 2.31. The van der Waals surface area contributed by atoms with Gasteiger partial charge in [-0.1, -0.05) is 6.07 Å². The third-order valence-corrected chi connectivity index (χ3v) is 5.55. The Bertz CT molecular complexity index is 857. The molecule has 0 spiro atoms. The summed E-state index contributed by atoms with van der Waals surface area (Å²) in [7, 11) is -1.30. The molecule has 132 valence electrons. The minimum absolute atomic E-state index is 0.0468. The van der Waals surface area contributed by atoms with E-state index in [1.54, 1.807) is 13.0 Å². The standard InChI is InChI=1S/C15H18F3N3O2S/c1-10-5-6-13(7-11(10)2)24(22,23)21(4)9-12-8-20(3)19-14(12)15(16,17)18/h5-8H,9H2,1-4H3. The first-order chi connectivity index (χ1) is 10.9. The van der Waals surface area contributed by atoms with Gasteiger partial charge in [-0.25, -0.2) is 8.42 Å². The molecule has 24 heavy (non-hydrogen) atoms. The van der Waals surface area contributed by atoms with Crippen molar-refractivity contribution in [1.82, 2.24) is 14.1 Å². The van der Waals surface area contributed by atoms with Crippen molar-refractivity contribution in [1.29, 1.82) is 0 Å². The monoisotopic (exact) mass is 361 g/mol. The van der Waals surface area contributed by atoms with Crippen LogP contribution in [-0.2, 0) is 29.8 Å². The first kappa shape index (κ1) is 18.5. The Morgan fingerprint density at radius 1 is 1.21 bits per heavy atom. The lowest BCUT2D eigenvalue weighted by molar-refractivity contribution is -0.142. The van der Waals surface area contributed by atoms with E-state index in [1.165, 1.54) is 32.4 Å². The van der Waals surface area contributed by atoms with Crippen LogP contribution in [0.5, 0.6) is 0 Å². The van der Waals surface area contributed by atoms with E-state index >= 15 is 0 Å². The van der Waals surface area contributed by atoms with Crippen molar-refractivity contribution in [2.45, 2.75) is 31.5 Å². The molecule has 1 aromatic heterocycles. The second kappa shape index (κ2) is 6.21. The third-order valence-electron chi connectivity index (χ3n) is 3.75. The number of rotatable bonds is 4. The molecule has 0 fully saturated rings. The molecule has 0 amide bonds. The molecule has 1 heterocycles. The Hall–Kier alpha value is -1.87. The number of nitrogens with zero attached hydrogens (tertiary/aromatic N) is 3. The number of alkyl halides is 3. The number of halogens is 3. The van der Waals surface area contributed by atoms with Gasteiger partial charge in [-0.2, -0.15) is 22.6 Å². The van der Waals surface area contributed by atoms with E-state index in [4.69, 9.17) is 0 Å². The molecule has 0 N–H and O–H groups in total. The molecule has 9 heteroatoms. The largest absolute Gasteiger partial charge is 0.435 e. The van der Waals surface area contributed by atoms with Crippen molar-refractivity contribution in [3.63, 3.8) is 0 Å². The minimum atomic E-state index is -4.64. The van der Waals surface area contributed by atoms with Gasteiger partial charge in [0.1, 0.15) is 0 Å². The summed E-state index contributed by atoms with van der Waals surface area (Å²) in [5.74, 6) is 0. The zero-order valence-electron chi connectivity index (χ0n) is 13.7. The zero-order valence-corrected chi connectivity index (χ0v) is 14.5. The average molecular weight is 361 g/mol. The van der Waals surface area contributed by atoms with Crippen LogP contribution in [0.2, 0.25) is 0 Å². The number of hydrogen-bond acceptors (Lipinski definition) is 3. The van der Waals surface area contributed by atoms with Crippen LogP contribution in [0.25, 0.3) is 0 Å². The van der Waals surface area contributed by atoms with Gasteiger partial charge in [-0.05, 0) is 37.1 Å². The maximum Gasteiger partial charge on any atom is 0.435 e. The van der Waals surface area contributed by atoms with Crippen molar-refractivity contribution in [2.24, 2.45) is 7.05 Å². The van der Waals surface area contributed by atoms with Crippen LogP contribution in [-0.4, -0.2) is 29.6 Å². The lowest BCUT2D eigenvalue weighted by Crippen LogP contribution is -2.27. The fourth-order valence-electron chi connectivity index (χ4n) is 2.27. The molecule has 5 nitrogen and oxygen atoms in total. The Morgan fingerprint density at radius 3 is 2.38 bits per heavy atom. The fraction of sp³-hybridized carbons (Fsp3) is 0.400. The number of aromatic nitrogens is 2. The second-order valence-electron chi connectivity index (χ2n) is 5.68. The molecule has 2 aromatic rings. The summed E-state index contributed by atoms with van der Waals surface area (Å²) in [5.41, 5.74) is 0.456. The van der Waals surface area contributed by atoms with E-state index in [0.717, 1.165) is 20.1 Å². The normalized spacial score (nSPS) is 12.8. The summed E-state index contributed by atoms with van der Waals surface area (Å²) in [4.78, 5) is 0.0468. The lowest BCUT2D eigenvalue weighted by atomic mass is 10.1. The molecule has 0 aliphatic heterocycles. The van der Waals surface area contributed by atoms with Gasteiger partial charge in [0.25, 0.3) is 0 Å². The number of benzene rings is 1. The van der Waals surface area contributed by atoms with E-state index in [0.29, 0.717) is 0 Å². The predicted molar refractivity (Wildman–Crippen MR) is 82.8 cm³/mol. The van der Waals surface area contributed by atoms with Gasteiger partial charge < -0.3 is 0 Å². The molecule has 2 rings (SSSR count). The molecular weight excluding hydrogens is 343 g/mol. The maximum absolute atomic E-state index is 13.0. The van der Waals surface area contributed by atoms with Gasteiger partial charge in [-0.15, -0.1) is 0 Å². The summed E-state index contributed by atoms with van der Waals surface area (Å²) in [6, 6.07) is 4.62. The maximum atomic E-state index is 13.0. The molecule has 0 saturated heterocycles. The smallest absolute Gasteiger partial charge is 0.275 e. The molecule has 1 aromatic carbocycles.